The summed E-state index contributed by atoms with van der Waals surface area (Å²) in [5.74, 6) is 2.91. The lowest BCUT2D eigenvalue weighted by Crippen LogP contribution is -2.14. The van der Waals surface area contributed by atoms with Gasteiger partial charge in [-0.2, -0.15) is 5.10 Å². The second-order valence-corrected chi connectivity index (χ2v) is 9.16. The molecule has 4 aromatic heterocycles. The number of aryl methyl sites for hydroxylation is 1. The van der Waals surface area contributed by atoms with Crippen molar-refractivity contribution in [2.24, 2.45) is 0 Å². The minimum absolute atomic E-state index is 0.365. The van der Waals surface area contributed by atoms with Crippen LogP contribution >= 0.6 is 11.3 Å². The molecule has 1 aliphatic heterocycles. The van der Waals surface area contributed by atoms with Gasteiger partial charge < -0.3 is 18.6 Å². The molecular formula is C24H23N5O4S. The van der Waals surface area contributed by atoms with Crippen molar-refractivity contribution < 1.29 is 18.6 Å². The summed E-state index contributed by atoms with van der Waals surface area (Å²) >= 11 is 1.69. The van der Waals surface area contributed by atoms with E-state index in [1.807, 2.05) is 25.1 Å². The van der Waals surface area contributed by atoms with Crippen molar-refractivity contribution in [1.82, 2.24) is 24.6 Å². The Morgan fingerprint density at radius 1 is 1.18 bits per heavy atom. The second-order valence-electron chi connectivity index (χ2n) is 8.27. The molecule has 0 bridgehead atoms. The van der Waals surface area contributed by atoms with E-state index in [0.29, 0.717) is 46.8 Å². The van der Waals surface area contributed by atoms with E-state index in [-0.39, 0.29) is 0 Å². The fourth-order valence-corrected chi connectivity index (χ4v) is 5.08. The molecule has 6 rings (SSSR count). The minimum Gasteiger partial charge on any atom is -0.496 e. The van der Waals surface area contributed by atoms with Crippen LogP contribution in [0.4, 0.5) is 0 Å². The van der Waals surface area contributed by atoms with E-state index in [1.54, 1.807) is 35.4 Å². The molecule has 0 saturated carbocycles. The molecule has 0 N–H and O–H groups in total. The normalized spacial score (nSPS) is 14.8. The summed E-state index contributed by atoms with van der Waals surface area (Å²) in [6.07, 6.45) is 5.54. The first-order chi connectivity index (χ1) is 16.7. The molecule has 0 spiro atoms. The highest BCUT2D eigenvalue weighted by molar-refractivity contribution is 7.09. The third-order valence-electron chi connectivity index (χ3n) is 5.88. The second kappa shape index (κ2) is 8.69. The van der Waals surface area contributed by atoms with Gasteiger partial charge in [0.2, 0.25) is 0 Å². The SMILES string of the molecule is COc1cc(OCc2csc(C3CCOCC3)n2)c2cc(-c3cn4nc(C)cnc4n3)oc2c1. The van der Waals surface area contributed by atoms with E-state index in [9.17, 15) is 0 Å². The maximum Gasteiger partial charge on any atom is 0.251 e. The Bertz CT molecular complexity index is 1470. The number of rotatable bonds is 6. The van der Waals surface area contributed by atoms with E-state index >= 15 is 0 Å². The van der Waals surface area contributed by atoms with Crippen LogP contribution in [-0.2, 0) is 11.3 Å². The standard InChI is InChI=1S/C24H23N5O4S/c1-14-10-25-24-27-19(11-29(24)28-14)22-9-18-20(7-17(30-2)8-21(18)33-22)32-12-16-13-34-23(26-16)15-3-5-31-6-4-15/h7-11,13,15H,3-6,12H2,1-2H3. The molecule has 0 radical (unpaired) electrons. The Kier molecular flexibility index (Phi) is 5.39. The third-order valence-corrected chi connectivity index (χ3v) is 6.94. The van der Waals surface area contributed by atoms with Crippen molar-refractivity contribution in [3.8, 4) is 23.0 Å². The Labute approximate surface area is 199 Å². The Balaban J connectivity index is 1.29. The molecule has 5 heterocycles. The highest BCUT2D eigenvalue weighted by Gasteiger charge is 2.20. The van der Waals surface area contributed by atoms with E-state index < -0.39 is 0 Å². The number of thiazole rings is 1. The van der Waals surface area contributed by atoms with Crippen molar-refractivity contribution in [3.05, 3.63) is 52.4 Å². The number of ether oxygens (including phenoxy) is 3. The number of furan rings is 1. The first-order valence-corrected chi connectivity index (χ1v) is 12.0. The molecule has 0 aliphatic carbocycles. The Hall–Kier alpha value is -3.50. The van der Waals surface area contributed by atoms with Gasteiger partial charge in [-0.1, -0.05) is 0 Å². The van der Waals surface area contributed by atoms with Crippen LogP contribution in [0, 0.1) is 6.92 Å². The van der Waals surface area contributed by atoms with E-state index in [1.165, 1.54) is 0 Å². The molecule has 0 unspecified atom stereocenters. The van der Waals surface area contributed by atoms with Gasteiger partial charge >= 0.3 is 0 Å². The lowest BCUT2D eigenvalue weighted by Gasteiger charge is -2.19. The molecule has 1 saturated heterocycles. The number of imidazole rings is 1. The number of hydrogen-bond acceptors (Lipinski definition) is 9. The van der Waals surface area contributed by atoms with E-state index in [2.05, 4.69) is 20.4 Å². The van der Waals surface area contributed by atoms with E-state index in [4.69, 9.17) is 23.6 Å². The van der Waals surface area contributed by atoms with Gasteiger partial charge in [0.1, 0.15) is 29.4 Å². The van der Waals surface area contributed by atoms with Gasteiger partial charge in [-0.15, -0.1) is 11.3 Å². The Morgan fingerprint density at radius 2 is 2.06 bits per heavy atom. The number of hydrogen-bond donors (Lipinski definition) is 0. The summed E-state index contributed by atoms with van der Waals surface area (Å²) in [6.45, 7) is 3.86. The fraction of sp³-hybridized carbons (Fsp3) is 0.333. The van der Waals surface area contributed by atoms with Crippen LogP contribution in [0.1, 0.15) is 35.2 Å². The molecular weight excluding hydrogens is 454 g/mol. The summed E-state index contributed by atoms with van der Waals surface area (Å²) in [6, 6.07) is 5.63. The molecule has 1 aliphatic rings. The van der Waals surface area contributed by atoms with Crippen LogP contribution in [0.2, 0.25) is 0 Å². The summed E-state index contributed by atoms with van der Waals surface area (Å²) in [4.78, 5) is 13.7. The highest BCUT2D eigenvalue weighted by Crippen LogP contribution is 2.37. The lowest BCUT2D eigenvalue weighted by atomic mass is 10.0. The smallest absolute Gasteiger partial charge is 0.251 e. The van der Waals surface area contributed by atoms with Gasteiger partial charge in [0, 0.05) is 36.6 Å². The van der Waals surface area contributed by atoms with Gasteiger partial charge in [-0.3, -0.25) is 0 Å². The van der Waals surface area contributed by atoms with Gasteiger partial charge in [0.25, 0.3) is 5.78 Å². The van der Waals surface area contributed by atoms with Crippen molar-refractivity contribution >= 4 is 28.1 Å². The number of nitrogens with zero attached hydrogens (tertiary/aromatic N) is 5. The van der Waals surface area contributed by atoms with Gasteiger partial charge in [0.05, 0.1) is 41.3 Å². The quantitative estimate of drug-likeness (QED) is 0.345. The van der Waals surface area contributed by atoms with Crippen LogP contribution in [0.5, 0.6) is 11.5 Å². The fourth-order valence-electron chi connectivity index (χ4n) is 4.11. The van der Waals surface area contributed by atoms with Crippen LogP contribution < -0.4 is 9.47 Å². The van der Waals surface area contributed by atoms with Gasteiger partial charge in [0.15, 0.2) is 5.76 Å². The van der Waals surface area contributed by atoms with Crippen LogP contribution in [0.15, 0.2) is 40.4 Å². The topological polar surface area (TPSA) is 96.8 Å². The van der Waals surface area contributed by atoms with E-state index in [0.717, 1.165) is 47.8 Å². The van der Waals surface area contributed by atoms with Crippen LogP contribution in [0.25, 0.3) is 28.2 Å². The maximum absolute atomic E-state index is 6.20. The number of fused-ring (bicyclic) bond motifs is 2. The largest absolute Gasteiger partial charge is 0.496 e. The zero-order valence-corrected chi connectivity index (χ0v) is 19.7. The molecule has 0 amide bonds. The zero-order chi connectivity index (χ0) is 23.1. The summed E-state index contributed by atoms with van der Waals surface area (Å²) in [5.41, 5.74) is 3.02. The monoisotopic (exact) mass is 477 g/mol. The molecule has 34 heavy (non-hydrogen) atoms. The first kappa shape index (κ1) is 21.1. The molecule has 174 valence electrons. The molecule has 0 atom stereocenters. The number of benzene rings is 1. The average Bonchev–Trinajstić information content (AvgIpc) is 3.60. The lowest BCUT2D eigenvalue weighted by molar-refractivity contribution is 0.0852. The summed E-state index contributed by atoms with van der Waals surface area (Å²) in [7, 11) is 1.62. The van der Waals surface area contributed by atoms with Crippen LogP contribution in [-0.4, -0.2) is 44.9 Å². The summed E-state index contributed by atoms with van der Waals surface area (Å²) < 4.78 is 24.9. The predicted octanol–water partition coefficient (Wildman–Crippen LogP) is 4.78. The van der Waals surface area contributed by atoms with Crippen molar-refractivity contribution in [2.45, 2.75) is 32.3 Å². The number of methoxy groups -OCH3 is 1. The molecule has 10 heteroatoms. The molecule has 1 fully saturated rings. The first-order valence-electron chi connectivity index (χ1n) is 11.1. The predicted molar refractivity (Wildman–Crippen MR) is 127 cm³/mol. The Morgan fingerprint density at radius 3 is 2.91 bits per heavy atom. The zero-order valence-electron chi connectivity index (χ0n) is 18.9. The van der Waals surface area contributed by atoms with Crippen molar-refractivity contribution in [2.75, 3.05) is 20.3 Å². The molecule has 5 aromatic rings. The molecule has 9 nitrogen and oxygen atoms in total. The number of aromatic nitrogens is 5. The van der Waals surface area contributed by atoms with Crippen molar-refractivity contribution in [3.63, 3.8) is 0 Å². The minimum atomic E-state index is 0.365. The van der Waals surface area contributed by atoms with Gasteiger partial charge in [-0.05, 0) is 25.8 Å². The average molecular weight is 478 g/mol. The van der Waals surface area contributed by atoms with Gasteiger partial charge in [-0.25, -0.2) is 19.5 Å². The van der Waals surface area contributed by atoms with Crippen molar-refractivity contribution in [1.29, 1.82) is 0 Å². The molecule has 1 aromatic carbocycles. The third kappa shape index (κ3) is 3.99. The highest BCUT2D eigenvalue weighted by atomic mass is 32.1. The summed E-state index contributed by atoms with van der Waals surface area (Å²) in [5, 5.41) is 8.48. The van der Waals surface area contributed by atoms with Crippen LogP contribution in [0.3, 0.4) is 0 Å². The maximum atomic E-state index is 6.20.